The molecule has 0 radical (unpaired) electrons. The van der Waals surface area contributed by atoms with Gasteiger partial charge in [0.2, 0.25) is 0 Å². The summed E-state index contributed by atoms with van der Waals surface area (Å²) in [5, 5.41) is 32.2. The molecule has 4 nitrogen and oxygen atoms in total. The Labute approximate surface area is 151 Å². The van der Waals surface area contributed by atoms with Crippen LogP contribution in [0.3, 0.4) is 0 Å². The van der Waals surface area contributed by atoms with Crippen molar-refractivity contribution >= 4 is 5.78 Å². The van der Waals surface area contributed by atoms with Gasteiger partial charge >= 0.3 is 0 Å². The van der Waals surface area contributed by atoms with E-state index < -0.39 is 17.1 Å². The number of Topliss-reactive ketones (excluding diaryl/α,β-unsaturated/α-hetero) is 1. The maximum atomic E-state index is 12.3. The zero-order valence-corrected chi connectivity index (χ0v) is 15.9. The monoisotopic (exact) mass is 350 g/mol. The number of hydrogen-bond acceptors (Lipinski definition) is 4. The van der Waals surface area contributed by atoms with Gasteiger partial charge in [0, 0.05) is 11.8 Å². The standard InChI is InChI=1S/C21H34O4/c1-12(22)21(25)11-17(24)18-15-5-4-13-10-14(23)6-8-19(13,2)16(15)7-9-20(18,21)3/h13-18,23-25H,4-11H2,1-3H3. The van der Waals surface area contributed by atoms with Crippen LogP contribution < -0.4 is 0 Å². The topological polar surface area (TPSA) is 77.8 Å². The van der Waals surface area contributed by atoms with Crippen LogP contribution in [0.5, 0.6) is 0 Å². The normalized spacial score (nSPS) is 58.2. The lowest BCUT2D eigenvalue weighted by atomic mass is 9.44. The number of fused-ring (bicyclic) bond motifs is 5. The second kappa shape index (κ2) is 5.53. The van der Waals surface area contributed by atoms with Gasteiger partial charge < -0.3 is 15.3 Å². The molecule has 9 unspecified atom stereocenters. The van der Waals surface area contributed by atoms with Gasteiger partial charge in [-0.3, -0.25) is 4.79 Å². The quantitative estimate of drug-likeness (QED) is 0.679. The maximum Gasteiger partial charge on any atom is 0.161 e. The summed E-state index contributed by atoms with van der Waals surface area (Å²) < 4.78 is 0. The molecule has 4 heteroatoms. The largest absolute Gasteiger partial charge is 0.393 e. The van der Waals surface area contributed by atoms with Crippen molar-refractivity contribution in [1.29, 1.82) is 0 Å². The lowest BCUT2D eigenvalue weighted by Crippen LogP contribution is -2.59. The molecule has 0 aromatic heterocycles. The Morgan fingerprint density at radius 2 is 1.76 bits per heavy atom. The molecule has 142 valence electrons. The molecule has 4 aliphatic carbocycles. The van der Waals surface area contributed by atoms with E-state index in [0.29, 0.717) is 17.8 Å². The van der Waals surface area contributed by atoms with Crippen LogP contribution in [0.2, 0.25) is 0 Å². The van der Waals surface area contributed by atoms with E-state index in [1.165, 1.54) is 6.92 Å². The van der Waals surface area contributed by atoms with Crippen molar-refractivity contribution in [3.63, 3.8) is 0 Å². The van der Waals surface area contributed by atoms with E-state index in [4.69, 9.17) is 0 Å². The Morgan fingerprint density at radius 3 is 2.44 bits per heavy atom. The maximum absolute atomic E-state index is 12.3. The van der Waals surface area contributed by atoms with Gasteiger partial charge in [-0.05, 0) is 81.0 Å². The lowest BCUT2D eigenvalue weighted by Gasteiger charge is -2.61. The van der Waals surface area contributed by atoms with Gasteiger partial charge in [0.05, 0.1) is 12.2 Å². The summed E-state index contributed by atoms with van der Waals surface area (Å²) >= 11 is 0. The van der Waals surface area contributed by atoms with Crippen molar-refractivity contribution in [2.75, 3.05) is 0 Å². The van der Waals surface area contributed by atoms with Crippen molar-refractivity contribution in [2.24, 2.45) is 34.5 Å². The summed E-state index contributed by atoms with van der Waals surface area (Å²) in [5.41, 5.74) is -1.64. The summed E-state index contributed by atoms with van der Waals surface area (Å²) in [7, 11) is 0. The number of aliphatic hydroxyl groups excluding tert-OH is 2. The van der Waals surface area contributed by atoms with E-state index >= 15 is 0 Å². The van der Waals surface area contributed by atoms with Crippen LogP contribution in [0.25, 0.3) is 0 Å². The minimum absolute atomic E-state index is 0.0183. The third-order valence-electron chi connectivity index (χ3n) is 9.34. The smallest absolute Gasteiger partial charge is 0.161 e. The lowest BCUT2D eigenvalue weighted by molar-refractivity contribution is -0.173. The Morgan fingerprint density at radius 1 is 1.04 bits per heavy atom. The molecule has 0 bridgehead atoms. The predicted octanol–water partition coefficient (Wildman–Crippen LogP) is 2.68. The Hall–Kier alpha value is -0.450. The second-order valence-electron chi connectivity index (χ2n) is 10.1. The Balaban J connectivity index is 1.69. The van der Waals surface area contributed by atoms with Gasteiger partial charge in [0.25, 0.3) is 0 Å². The molecule has 0 saturated heterocycles. The van der Waals surface area contributed by atoms with Crippen molar-refractivity contribution in [1.82, 2.24) is 0 Å². The van der Waals surface area contributed by atoms with Crippen molar-refractivity contribution in [2.45, 2.75) is 89.9 Å². The van der Waals surface area contributed by atoms with E-state index in [1.54, 1.807) is 0 Å². The molecule has 4 aliphatic rings. The van der Waals surface area contributed by atoms with Crippen LogP contribution in [0.15, 0.2) is 0 Å². The summed E-state index contributed by atoms with van der Waals surface area (Å²) in [6.45, 7) is 5.93. The third-order valence-corrected chi connectivity index (χ3v) is 9.34. The highest BCUT2D eigenvalue weighted by Gasteiger charge is 2.68. The van der Waals surface area contributed by atoms with E-state index in [9.17, 15) is 20.1 Å². The van der Waals surface area contributed by atoms with Crippen molar-refractivity contribution < 1.29 is 20.1 Å². The van der Waals surface area contributed by atoms with Crippen LogP contribution in [0, 0.1) is 34.5 Å². The van der Waals surface area contributed by atoms with Gasteiger partial charge in [-0.25, -0.2) is 0 Å². The van der Waals surface area contributed by atoms with Crippen LogP contribution in [-0.2, 0) is 4.79 Å². The predicted molar refractivity (Wildman–Crippen MR) is 94.8 cm³/mol. The fourth-order valence-electron chi connectivity index (χ4n) is 7.89. The summed E-state index contributed by atoms with van der Waals surface area (Å²) in [6, 6.07) is 0. The second-order valence-corrected chi connectivity index (χ2v) is 10.1. The number of carbonyl (C=O) groups excluding carboxylic acids is 1. The van der Waals surface area contributed by atoms with Crippen LogP contribution in [-0.4, -0.2) is 38.9 Å². The van der Waals surface area contributed by atoms with Gasteiger partial charge in [0.1, 0.15) is 5.60 Å². The molecule has 0 spiro atoms. The minimum Gasteiger partial charge on any atom is -0.393 e. The fraction of sp³-hybridized carbons (Fsp3) is 0.952. The van der Waals surface area contributed by atoms with Crippen molar-refractivity contribution in [3.8, 4) is 0 Å². The highest BCUT2D eigenvalue weighted by molar-refractivity contribution is 5.86. The molecular formula is C21H34O4. The van der Waals surface area contributed by atoms with Gasteiger partial charge in [-0.2, -0.15) is 0 Å². The number of ketones is 1. The highest BCUT2D eigenvalue weighted by Crippen LogP contribution is 2.68. The highest BCUT2D eigenvalue weighted by atomic mass is 16.3. The van der Waals surface area contributed by atoms with Gasteiger partial charge in [0.15, 0.2) is 5.78 Å². The van der Waals surface area contributed by atoms with E-state index in [0.717, 1.165) is 44.9 Å². The number of aliphatic hydroxyl groups is 3. The average molecular weight is 350 g/mol. The Bertz CT molecular complexity index is 576. The molecular weight excluding hydrogens is 316 g/mol. The van der Waals surface area contributed by atoms with Crippen LogP contribution in [0.4, 0.5) is 0 Å². The SMILES string of the molecule is CC(=O)C1(O)CC(O)C2C3CCC4CC(O)CCC4(C)C3CCC21C. The molecule has 0 aromatic rings. The first-order valence-corrected chi connectivity index (χ1v) is 10.2. The first-order valence-electron chi connectivity index (χ1n) is 10.2. The Kier molecular flexibility index (Phi) is 3.97. The molecule has 0 amide bonds. The van der Waals surface area contributed by atoms with Gasteiger partial charge in [-0.1, -0.05) is 13.8 Å². The van der Waals surface area contributed by atoms with Gasteiger partial charge in [-0.15, -0.1) is 0 Å². The molecule has 0 aliphatic heterocycles. The number of rotatable bonds is 1. The molecule has 4 fully saturated rings. The molecule has 4 saturated carbocycles. The number of hydrogen-bond donors (Lipinski definition) is 3. The average Bonchev–Trinajstić information content (AvgIpc) is 2.75. The molecule has 3 N–H and O–H groups in total. The summed E-state index contributed by atoms with van der Waals surface area (Å²) in [5.74, 6) is 1.34. The van der Waals surface area contributed by atoms with Crippen LogP contribution in [0.1, 0.15) is 72.1 Å². The first kappa shape index (κ1) is 17.9. The van der Waals surface area contributed by atoms with E-state index in [2.05, 4.69) is 6.92 Å². The third kappa shape index (κ3) is 2.20. The fourth-order valence-corrected chi connectivity index (χ4v) is 7.89. The molecule has 9 atom stereocenters. The summed E-state index contributed by atoms with van der Waals surface area (Å²) in [6.07, 6.45) is 6.35. The van der Waals surface area contributed by atoms with E-state index in [-0.39, 0.29) is 29.6 Å². The minimum atomic E-state index is -1.37. The van der Waals surface area contributed by atoms with Crippen LogP contribution >= 0.6 is 0 Å². The molecule has 4 rings (SSSR count). The summed E-state index contributed by atoms with van der Waals surface area (Å²) in [4.78, 5) is 12.3. The molecule has 0 heterocycles. The molecule has 25 heavy (non-hydrogen) atoms. The zero-order chi connectivity index (χ0) is 18.2. The molecule has 0 aromatic carbocycles. The van der Waals surface area contributed by atoms with Crippen molar-refractivity contribution in [3.05, 3.63) is 0 Å². The number of carbonyl (C=O) groups is 1. The van der Waals surface area contributed by atoms with E-state index in [1.807, 2.05) is 6.92 Å². The first-order chi connectivity index (χ1) is 11.6. The zero-order valence-electron chi connectivity index (χ0n) is 15.9.